The molecule has 39 heavy (non-hydrogen) atoms. The van der Waals surface area contributed by atoms with E-state index in [-0.39, 0.29) is 24.0 Å². The van der Waals surface area contributed by atoms with E-state index in [2.05, 4.69) is 6.07 Å². The zero-order chi connectivity index (χ0) is 27.8. The van der Waals surface area contributed by atoms with Crippen molar-refractivity contribution in [3.63, 3.8) is 0 Å². The third kappa shape index (κ3) is 5.13. The number of halogens is 3. The molecule has 1 aliphatic heterocycles. The molecule has 5 nitrogen and oxygen atoms in total. The van der Waals surface area contributed by atoms with Crippen LogP contribution in [0.2, 0.25) is 10.0 Å². The van der Waals surface area contributed by atoms with Crippen LogP contribution in [-0.4, -0.2) is 5.78 Å². The summed E-state index contributed by atoms with van der Waals surface area (Å²) in [6.45, 7) is 4.16. The fraction of sp³-hybridized carbons (Fsp3) is 0.226. The second kappa shape index (κ2) is 10.8. The lowest BCUT2D eigenvalue weighted by Gasteiger charge is -2.40. The Labute approximate surface area is 236 Å². The molecule has 1 heterocycles. The van der Waals surface area contributed by atoms with Gasteiger partial charge in [0, 0.05) is 27.7 Å². The summed E-state index contributed by atoms with van der Waals surface area (Å²) in [7, 11) is 0. The molecule has 5 rings (SSSR count). The largest absolute Gasteiger partial charge is 0.489 e. The van der Waals surface area contributed by atoms with E-state index in [4.69, 9.17) is 33.7 Å². The Kier molecular flexibility index (Phi) is 7.40. The fourth-order valence-corrected chi connectivity index (χ4v) is 5.98. The smallest absolute Gasteiger partial charge is 0.161 e. The molecule has 198 valence electrons. The highest BCUT2D eigenvalue weighted by atomic mass is 35.5. The first kappa shape index (κ1) is 26.8. The molecule has 0 fully saturated rings. The highest BCUT2D eigenvalue weighted by Crippen LogP contribution is 2.48. The van der Waals surface area contributed by atoms with E-state index in [1.807, 2.05) is 26.0 Å². The summed E-state index contributed by atoms with van der Waals surface area (Å²) in [5.74, 6) is -0.170. The number of nitrogens with zero attached hydrogens (tertiary/aromatic N) is 2. The van der Waals surface area contributed by atoms with Crippen LogP contribution in [0, 0.1) is 31.0 Å². The number of allylic oxidation sites excluding steroid dienone is 3. The molecule has 8 heteroatoms. The maximum absolute atomic E-state index is 13.5. The van der Waals surface area contributed by atoms with Crippen molar-refractivity contribution in [2.24, 2.45) is 5.73 Å². The SMILES string of the molecule is Cc1cc(COc2ccc(F)cc2)c(C)c(C2C(C#N)=C(N)N(c3cc(Cl)cc(Cl)c3)C3=C2C(=O)CCC3)c1. The van der Waals surface area contributed by atoms with Crippen LogP contribution in [0.4, 0.5) is 10.1 Å². The van der Waals surface area contributed by atoms with Crippen LogP contribution in [0.25, 0.3) is 0 Å². The summed E-state index contributed by atoms with van der Waals surface area (Å²) in [4.78, 5) is 15.3. The van der Waals surface area contributed by atoms with Gasteiger partial charge in [-0.05, 0) is 85.8 Å². The Hall–Kier alpha value is -3.79. The first-order valence-corrected chi connectivity index (χ1v) is 13.3. The summed E-state index contributed by atoms with van der Waals surface area (Å²) in [5, 5.41) is 11.2. The maximum Gasteiger partial charge on any atom is 0.161 e. The van der Waals surface area contributed by atoms with Crippen molar-refractivity contribution in [3.05, 3.63) is 115 Å². The van der Waals surface area contributed by atoms with Gasteiger partial charge in [-0.15, -0.1) is 0 Å². The van der Waals surface area contributed by atoms with Crippen LogP contribution in [0.1, 0.15) is 47.4 Å². The van der Waals surface area contributed by atoms with E-state index in [1.165, 1.54) is 12.1 Å². The number of hydrogen-bond donors (Lipinski definition) is 1. The van der Waals surface area contributed by atoms with Crippen molar-refractivity contribution in [3.8, 4) is 11.8 Å². The van der Waals surface area contributed by atoms with Gasteiger partial charge in [0.05, 0.1) is 23.2 Å². The minimum Gasteiger partial charge on any atom is -0.489 e. The quantitative estimate of drug-likeness (QED) is 0.346. The van der Waals surface area contributed by atoms with Crippen LogP contribution in [-0.2, 0) is 11.4 Å². The molecule has 0 amide bonds. The number of carbonyl (C=O) groups is 1. The minimum absolute atomic E-state index is 0.00959. The number of rotatable bonds is 5. The second-order valence-corrected chi connectivity index (χ2v) is 10.7. The lowest BCUT2D eigenvalue weighted by Crippen LogP contribution is -2.39. The average molecular weight is 562 g/mol. The van der Waals surface area contributed by atoms with Gasteiger partial charge >= 0.3 is 0 Å². The number of carbonyl (C=O) groups excluding carboxylic acids is 1. The van der Waals surface area contributed by atoms with Gasteiger partial charge in [-0.1, -0.05) is 40.9 Å². The van der Waals surface area contributed by atoms with Gasteiger partial charge in [0.2, 0.25) is 0 Å². The van der Waals surface area contributed by atoms with E-state index in [0.29, 0.717) is 51.9 Å². The van der Waals surface area contributed by atoms with E-state index in [9.17, 15) is 14.4 Å². The average Bonchev–Trinajstić information content (AvgIpc) is 2.89. The summed E-state index contributed by atoms with van der Waals surface area (Å²) in [5.41, 5.74) is 12.5. The molecule has 0 saturated carbocycles. The van der Waals surface area contributed by atoms with Crippen molar-refractivity contribution in [1.82, 2.24) is 0 Å². The summed E-state index contributed by atoms with van der Waals surface area (Å²) in [6.07, 6.45) is 1.68. The standard InChI is InChI=1S/C31H26Cl2FN3O2/c1-17-10-19(16-39-24-8-6-22(34)7-9-24)18(2)25(11-17)29-26(15-35)31(36)37(23-13-20(32)12-21(33)14-23)27-4-3-5-28(38)30(27)29/h6-14,29H,3-5,16,36H2,1-2H3. The summed E-state index contributed by atoms with van der Waals surface area (Å²) >= 11 is 12.6. The molecule has 1 atom stereocenters. The Balaban J connectivity index is 1.64. The molecule has 0 saturated heterocycles. The van der Waals surface area contributed by atoms with Gasteiger partial charge < -0.3 is 10.5 Å². The van der Waals surface area contributed by atoms with Crippen molar-refractivity contribution in [2.75, 3.05) is 4.90 Å². The first-order valence-electron chi connectivity index (χ1n) is 12.6. The van der Waals surface area contributed by atoms with E-state index >= 15 is 0 Å². The van der Waals surface area contributed by atoms with Crippen molar-refractivity contribution < 1.29 is 13.9 Å². The lowest BCUT2D eigenvalue weighted by molar-refractivity contribution is -0.116. The fourth-order valence-electron chi connectivity index (χ4n) is 5.47. The molecule has 1 aliphatic carbocycles. The molecular weight excluding hydrogens is 536 g/mol. The van der Waals surface area contributed by atoms with Crippen molar-refractivity contribution in [1.29, 1.82) is 5.26 Å². The number of ether oxygens (including phenoxy) is 1. The van der Waals surface area contributed by atoms with Crippen molar-refractivity contribution in [2.45, 2.75) is 45.6 Å². The normalized spacial score (nSPS) is 17.3. The predicted octanol–water partition coefficient (Wildman–Crippen LogP) is 7.63. The summed E-state index contributed by atoms with van der Waals surface area (Å²) in [6, 6.07) is 17.2. The molecule has 1 unspecified atom stereocenters. The number of nitriles is 1. The number of anilines is 1. The van der Waals surface area contributed by atoms with E-state index in [1.54, 1.807) is 35.2 Å². The van der Waals surface area contributed by atoms with Crippen LogP contribution in [0.15, 0.2) is 77.3 Å². The van der Waals surface area contributed by atoms with Crippen molar-refractivity contribution >= 4 is 34.7 Å². The predicted molar refractivity (Wildman–Crippen MR) is 151 cm³/mol. The maximum atomic E-state index is 13.5. The zero-order valence-electron chi connectivity index (χ0n) is 21.5. The monoisotopic (exact) mass is 561 g/mol. The van der Waals surface area contributed by atoms with Crippen LogP contribution in [0.3, 0.4) is 0 Å². The third-order valence-electron chi connectivity index (χ3n) is 7.24. The topological polar surface area (TPSA) is 79.3 Å². The lowest BCUT2D eigenvalue weighted by atomic mass is 9.73. The van der Waals surface area contributed by atoms with Crippen LogP contribution >= 0.6 is 23.2 Å². The Morgan fingerprint density at radius 1 is 1.08 bits per heavy atom. The number of benzene rings is 3. The number of hydrogen-bond acceptors (Lipinski definition) is 5. The van der Waals surface area contributed by atoms with Crippen LogP contribution < -0.4 is 15.4 Å². The highest BCUT2D eigenvalue weighted by Gasteiger charge is 2.41. The highest BCUT2D eigenvalue weighted by molar-refractivity contribution is 6.35. The van der Waals surface area contributed by atoms with E-state index in [0.717, 1.165) is 28.0 Å². The molecule has 0 radical (unpaired) electrons. The molecular formula is C31H26Cl2FN3O2. The Bertz CT molecular complexity index is 1570. The third-order valence-corrected chi connectivity index (χ3v) is 7.67. The number of nitrogens with two attached hydrogens (primary N) is 1. The molecule has 3 aromatic carbocycles. The summed E-state index contributed by atoms with van der Waals surface area (Å²) < 4.78 is 19.3. The Morgan fingerprint density at radius 2 is 1.77 bits per heavy atom. The van der Waals surface area contributed by atoms with Gasteiger partial charge in [-0.2, -0.15) is 5.26 Å². The molecule has 0 spiro atoms. The first-order chi connectivity index (χ1) is 18.7. The molecule has 3 aromatic rings. The molecule has 2 aliphatic rings. The van der Waals surface area contributed by atoms with Gasteiger partial charge in [0.25, 0.3) is 0 Å². The van der Waals surface area contributed by atoms with Crippen LogP contribution in [0.5, 0.6) is 5.75 Å². The van der Waals surface area contributed by atoms with Gasteiger partial charge in [-0.25, -0.2) is 4.39 Å². The number of ketones is 1. The van der Waals surface area contributed by atoms with Gasteiger partial charge in [0.1, 0.15) is 24.0 Å². The zero-order valence-corrected chi connectivity index (χ0v) is 23.0. The number of aryl methyl sites for hydroxylation is 1. The number of Topliss-reactive ketones (excluding diaryl/α,β-unsaturated/α-hetero) is 1. The molecule has 2 N–H and O–H groups in total. The van der Waals surface area contributed by atoms with Gasteiger partial charge in [-0.3, -0.25) is 9.69 Å². The Morgan fingerprint density at radius 3 is 2.44 bits per heavy atom. The second-order valence-electron chi connectivity index (χ2n) is 9.82. The molecule has 0 aromatic heterocycles. The van der Waals surface area contributed by atoms with E-state index < -0.39 is 5.92 Å². The minimum atomic E-state index is -0.617. The van der Waals surface area contributed by atoms with Gasteiger partial charge in [0.15, 0.2) is 5.78 Å². The molecule has 0 bridgehead atoms.